The lowest BCUT2D eigenvalue weighted by Gasteiger charge is -2.17. The third-order valence-corrected chi connectivity index (χ3v) is 5.96. The van der Waals surface area contributed by atoms with Crippen LogP contribution in [-0.4, -0.2) is 68.6 Å². The summed E-state index contributed by atoms with van der Waals surface area (Å²) in [6, 6.07) is 2.90. The normalized spacial score (nSPS) is 22.7. The maximum atomic E-state index is 15.0. The van der Waals surface area contributed by atoms with Crippen LogP contribution in [0.3, 0.4) is 0 Å². The Morgan fingerprint density at radius 2 is 2.11 bits per heavy atom. The predicted octanol–water partition coefficient (Wildman–Crippen LogP) is 3.30. The maximum Gasteiger partial charge on any atom is 0.522 e. The Morgan fingerprint density at radius 3 is 2.81 bits per heavy atom. The van der Waals surface area contributed by atoms with Gasteiger partial charge in [0.2, 0.25) is 11.8 Å². The molecular formula is C21H23F4N7O5. The number of imidazole rings is 1. The molecule has 1 saturated carbocycles. The van der Waals surface area contributed by atoms with E-state index in [9.17, 15) is 18.0 Å². The summed E-state index contributed by atoms with van der Waals surface area (Å²) in [4.78, 5) is 20.4. The van der Waals surface area contributed by atoms with Gasteiger partial charge < -0.3 is 24.8 Å². The molecule has 200 valence electrons. The first kappa shape index (κ1) is 25.0. The van der Waals surface area contributed by atoms with E-state index in [2.05, 4.69) is 35.5 Å². The van der Waals surface area contributed by atoms with Crippen LogP contribution in [-0.2, 0) is 20.8 Å². The van der Waals surface area contributed by atoms with Gasteiger partial charge in [-0.2, -0.15) is 10.1 Å². The van der Waals surface area contributed by atoms with E-state index in [-0.39, 0.29) is 46.8 Å². The Bertz CT molecular complexity index is 1290. The van der Waals surface area contributed by atoms with E-state index in [1.165, 1.54) is 29.8 Å². The molecule has 3 aromatic rings. The first-order valence-electron chi connectivity index (χ1n) is 11.2. The largest absolute Gasteiger partial charge is 0.522 e. The molecule has 5 rings (SSSR count). The van der Waals surface area contributed by atoms with E-state index in [1.54, 1.807) is 0 Å². The van der Waals surface area contributed by atoms with E-state index in [1.807, 2.05) is 6.92 Å². The number of hydrogen-bond donors (Lipinski definition) is 3. The smallest absolute Gasteiger partial charge is 0.481 e. The summed E-state index contributed by atoms with van der Waals surface area (Å²) >= 11 is 0. The number of aromatic nitrogens is 5. The highest BCUT2D eigenvalue weighted by Gasteiger charge is 2.44. The zero-order chi connectivity index (χ0) is 26.4. The monoisotopic (exact) mass is 529 g/mol. The first-order chi connectivity index (χ1) is 17.5. The van der Waals surface area contributed by atoms with Gasteiger partial charge in [0, 0.05) is 23.9 Å². The molecule has 1 aliphatic carbocycles. The number of nitrogens with one attached hydrogen (secondary N) is 3. The average molecular weight is 529 g/mol. The molecule has 1 aliphatic heterocycles. The molecule has 4 heterocycles. The SMILES string of the molecule is COc1cc2nc(COC(F)(F)F)cn2c(Nc2cc([C@H]3OC[C@@H](OC(=O)NC4(C)CC4)[C@H]3F)[nH]n2)n1. The molecule has 0 spiro atoms. The number of carbonyl (C=O) groups excluding carboxylic acids is 1. The Labute approximate surface area is 206 Å². The summed E-state index contributed by atoms with van der Waals surface area (Å²) in [5.74, 6) is 0.466. The van der Waals surface area contributed by atoms with Gasteiger partial charge in [0.25, 0.3) is 0 Å². The number of H-pyrrole nitrogens is 1. The molecule has 1 amide bonds. The Kier molecular flexibility index (Phi) is 6.31. The van der Waals surface area contributed by atoms with Gasteiger partial charge in [-0.3, -0.25) is 14.2 Å². The first-order valence-corrected chi connectivity index (χ1v) is 11.2. The summed E-state index contributed by atoms with van der Waals surface area (Å²) in [5.41, 5.74) is 0.225. The highest BCUT2D eigenvalue weighted by molar-refractivity contribution is 5.69. The number of nitrogens with zero attached hydrogens (tertiary/aromatic N) is 4. The Morgan fingerprint density at radius 1 is 1.32 bits per heavy atom. The minimum Gasteiger partial charge on any atom is -0.481 e. The van der Waals surface area contributed by atoms with E-state index in [4.69, 9.17) is 14.2 Å². The van der Waals surface area contributed by atoms with Crippen molar-refractivity contribution in [3.8, 4) is 5.88 Å². The fourth-order valence-corrected chi connectivity index (χ4v) is 3.76. The number of hydrogen-bond acceptors (Lipinski definition) is 9. The quantitative estimate of drug-likeness (QED) is 0.376. The molecule has 16 heteroatoms. The number of fused-ring (bicyclic) bond motifs is 1. The minimum absolute atomic E-state index is 0.00327. The number of ether oxygens (including phenoxy) is 4. The van der Waals surface area contributed by atoms with Crippen molar-refractivity contribution in [3.63, 3.8) is 0 Å². The molecule has 37 heavy (non-hydrogen) atoms. The van der Waals surface area contributed by atoms with E-state index >= 15 is 4.39 Å². The molecule has 3 N–H and O–H groups in total. The number of carbonyl (C=O) groups is 1. The summed E-state index contributed by atoms with van der Waals surface area (Å²) in [6.07, 6.45) is -6.30. The molecule has 0 bridgehead atoms. The van der Waals surface area contributed by atoms with Crippen LogP contribution in [0.1, 0.15) is 37.3 Å². The van der Waals surface area contributed by atoms with E-state index < -0.39 is 37.4 Å². The Balaban J connectivity index is 1.28. The third-order valence-electron chi connectivity index (χ3n) is 5.96. The molecule has 3 atom stereocenters. The van der Waals surface area contributed by atoms with Gasteiger partial charge in [0.1, 0.15) is 11.8 Å². The fraction of sp³-hybridized carbons (Fsp3) is 0.524. The third kappa shape index (κ3) is 5.69. The van der Waals surface area contributed by atoms with Crippen LogP contribution in [0.25, 0.3) is 5.65 Å². The van der Waals surface area contributed by atoms with E-state index in [0.29, 0.717) is 0 Å². The standard InChI is InChI=1S/C21H23F4N7O5/c1-20(3-4-20)29-19(33)37-12-9-35-17(16(12)22)11-5-13(31-30-11)27-18-28-15(34-2)6-14-26-10(7-32(14)18)8-36-21(23,24)25/h5-7,12,16-17H,3-4,8-9H2,1-2H3,(H,29,33)(H2,27,28,30,31)/t12-,16-,17-/m1/s1. The number of halogens is 4. The lowest BCUT2D eigenvalue weighted by atomic mass is 10.1. The van der Waals surface area contributed by atoms with Crippen molar-refractivity contribution in [2.45, 2.75) is 56.7 Å². The van der Waals surface area contributed by atoms with Crippen molar-refractivity contribution < 1.29 is 41.3 Å². The van der Waals surface area contributed by atoms with Crippen LogP contribution in [0.15, 0.2) is 18.3 Å². The Hall–Kier alpha value is -3.66. The maximum absolute atomic E-state index is 15.0. The molecule has 2 fully saturated rings. The van der Waals surface area contributed by atoms with Crippen molar-refractivity contribution in [3.05, 3.63) is 29.7 Å². The average Bonchev–Trinajstić information content (AvgIpc) is 3.19. The van der Waals surface area contributed by atoms with Gasteiger partial charge in [-0.05, 0) is 19.8 Å². The van der Waals surface area contributed by atoms with Crippen molar-refractivity contribution in [2.24, 2.45) is 0 Å². The summed E-state index contributed by atoms with van der Waals surface area (Å²) in [6.45, 7) is 0.949. The molecule has 0 unspecified atom stereocenters. The highest BCUT2D eigenvalue weighted by Crippen LogP contribution is 2.36. The molecule has 1 saturated heterocycles. The minimum atomic E-state index is -4.81. The second-order valence-electron chi connectivity index (χ2n) is 8.98. The van der Waals surface area contributed by atoms with Crippen LogP contribution in [0.4, 0.5) is 34.1 Å². The van der Waals surface area contributed by atoms with Gasteiger partial charge in [-0.1, -0.05) is 0 Å². The summed E-state index contributed by atoms with van der Waals surface area (Å²) in [7, 11) is 1.37. The molecule has 2 aliphatic rings. The van der Waals surface area contributed by atoms with E-state index in [0.717, 1.165) is 12.8 Å². The van der Waals surface area contributed by atoms with Gasteiger partial charge in [-0.15, -0.1) is 13.2 Å². The fourth-order valence-electron chi connectivity index (χ4n) is 3.76. The number of aromatic amines is 1. The molecule has 3 aromatic heterocycles. The van der Waals surface area contributed by atoms with Crippen LogP contribution in [0, 0.1) is 0 Å². The molecular weight excluding hydrogens is 506 g/mol. The van der Waals surface area contributed by atoms with Crippen molar-refractivity contribution >= 4 is 23.5 Å². The molecule has 12 nitrogen and oxygen atoms in total. The van der Waals surface area contributed by atoms with Crippen molar-refractivity contribution in [1.82, 2.24) is 29.9 Å². The lowest BCUT2D eigenvalue weighted by Crippen LogP contribution is -2.39. The highest BCUT2D eigenvalue weighted by atomic mass is 19.4. The molecule has 0 radical (unpaired) electrons. The summed E-state index contributed by atoms with van der Waals surface area (Å²) < 4.78 is 73.3. The van der Waals surface area contributed by atoms with Crippen LogP contribution in [0.2, 0.25) is 0 Å². The predicted molar refractivity (Wildman–Crippen MR) is 117 cm³/mol. The number of rotatable bonds is 8. The van der Waals surface area contributed by atoms with Crippen molar-refractivity contribution in [1.29, 1.82) is 0 Å². The number of anilines is 2. The second kappa shape index (κ2) is 9.33. The lowest BCUT2D eigenvalue weighted by molar-refractivity contribution is -0.330. The van der Waals surface area contributed by atoms with Gasteiger partial charge in [0.15, 0.2) is 18.1 Å². The number of methoxy groups -OCH3 is 1. The number of alkyl halides is 4. The van der Waals surface area contributed by atoms with Crippen molar-refractivity contribution in [2.75, 3.05) is 19.0 Å². The van der Waals surface area contributed by atoms with Crippen LogP contribution < -0.4 is 15.4 Å². The van der Waals surface area contributed by atoms with Crippen LogP contribution in [0.5, 0.6) is 5.88 Å². The van der Waals surface area contributed by atoms with Gasteiger partial charge >= 0.3 is 12.5 Å². The number of alkyl carbamates (subject to hydrolysis) is 1. The second-order valence-corrected chi connectivity index (χ2v) is 8.98. The summed E-state index contributed by atoms with van der Waals surface area (Å²) in [5, 5.41) is 12.4. The topological polar surface area (TPSA) is 137 Å². The molecule has 0 aromatic carbocycles. The van der Waals surface area contributed by atoms with Gasteiger partial charge in [0.05, 0.1) is 31.7 Å². The zero-order valence-corrected chi connectivity index (χ0v) is 19.6. The van der Waals surface area contributed by atoms with Gasteiger partial charge in [-0.25, -0.2) is 14.2 Å². The number of amides is 1. The zero-order valence-electron chi connectivity index (χ0n) is 19.6. The van der Waals surface area contributed by atoms with Crippen LogP contribution >= 0.6 is 0 Å².